The summed E-state index contributed by atoms with van der Waals surface area (Å²) in [5.74, 6) is -0.157. The number of hydrogen-bond donors (Lipinski definition) is 2. The molecule has 3 nitrogen and oxygen atoms in total. The molecular weight excluding hydrogens is 258 g/mol. The Labute approximate surface area is 97.6 Å². The van der Waals surface area contributed by atoms with Gasteiger partial charge in [0, 0.05) is 16.1 Å². The lowest BCUT2D eigenvalue weighted by Gasteiger charge is -2.12. The second-order valence-corrected chi connectivity index (χ2v) is 4.32. The standard InChI is InChI=1S/C11H14BrNO2/c1-7(6-14)13-11(15)9-4-3-5-10(12)8(9)2/h3-5,7,14H,6H2,1-2H3,(H,13,15). The third-order valence-corrected chi connectivity index (χ3v) is 3.02. The van der Waals surface area contributed by atoms with Crippen LogP contribution in [0.1, 0.15) is 22.8 Å². The first-order valence-electron chi connectivity index (χ1n) is 4.73. The summed E-state index contributed by atoms with van der Waals surface area (Å²) in [6.45, 7) is 3.58. The highest BCUT2D eigenvalue weighted by Gasteiger charge is 2.12. The maximum atomic E-state index is 11.7. The molecule has 1 aromatic carbocycles. The van der Waals surface area contributed by atoms with E-state index in [-0.39, 0.29) is 18.6 Å². The molecule has 0 aliphatic rings. The fraction of sp³-hybridized carbons (Fsp3) is 0.364. The van der Waals surface area contributed by atoms with Crippen LogP contribution in [0.4, 0.5) is 0 Å². The highest BCUT2D eigenvalue weighted by atomic mass is 79.9. The maximum Gasteiger partial charge on any atom is 0.251 e. The summed E-state index contributed by atoms with van der Waals surface area (Å²) < 4.78 is 0.909. The first-order chi connectivity index (χ1) is 7.06. The molecule has 0 saturated carbocycles. The van der Waals surface area contributed by atoms with Crippen molar-refractivity contribution in [2.45, 2.75) is 19.9 Å². The van der Waals surface area contributed by atoms with Crippen molar-refractivity contribution in [1.82, 2.24) is 5.32 Å². The summed E-state index contributed by atoms with van der Waals surface area (Å²) in [5.41, 5.74) is 1.53. The molecule has 15 heavy (non-hydrogen) atoms. The number of rotatable bonds is 3. The van der Waals surface area contributed by atoms with Gasteiger partial charge in [-0.25, -0.2) is 0 Å². The van der Waals surface area contributed by atoms with Crippen LogP contribution in [0.2, 0.25) is 0 Å². The molecule has 1 amide bonds. The smallest absolute Gasteiger partial charge is 0.251 e. The molecular formula is C11H14BrNO2. The van der Waals surface area contributed by atoms with Crippen molar-refractivity contribution in [2.24, 2.45) is 0 Å². The SMILES string of the molecule is Cc1c(Br)cccc1C(=O)NC(C)CO. The van der Waals surface area contributed by atoms with Crippen LogP contribution in [0, 0.1) is 6.92 Å². The van der Waals surface area contributed by atoms with E-state index in [0.29, 0.717) is 5.56 Å². The van der Waals surface area contributed by atoms with Gasteiger partial charge >= 0.3 is 0 Å². The Kier molecular flexibility index (Phi) is 4.29. The second kappa shape index (κ2) is 5.28. The monoisotopic (exact) mass is 271 g/mol. The molecule has 1 aromatic rings. The van der Waals surface area contributed by atoms with Gasteiger partial charge in [-0.1, -0.05) is 22.0 Å². The van der Waals surface area contributed by atoms with E-state index in [9.17, 15) is 4.79 Å². The second-order valence-electron chi connectivity index (χ2n) is 3.47. The first-order valence-corrected chi connectivity index (χ1v) is 5.52. The molecule has 0 heterocycles. The van der Waals surface area contributed by atoms with Crippen LogP contribution in [-0.4, -0.2) is 23.7 Å². The molecule has 0 saturated heterocycles. The molecule has 0 radical (unpaired) electrons. The van der Waals surface area contributed by atoms with E-state index < -0.39 is 0 Å². The van der Waals surface area contributed by atoms with E-state index in [4.69, 9.17) is 5.11 Å². The van der Waals surface area contributed by atoms with Gasteiger partial charge in [-0.3, -0.25) is 4.79 Å². The van der Waals surface area contributed by atoms with Gasteiger partial charge in [0.1, 0.15) is 0 Å². The minimum Gasteiger partial charge on any atom is -0.394 e. The zero-order chi connectivity index (χ0) is 11.4. The van der Waals surface area contributed by atoms with Crippen LogP contribution in [0.3, 0.4) is 0 Å². The first kappa shape index (κ1) is 12.2. The van der Waals surface area contributed by atoms with Crippen molar-refractivity contribution in [1.29, 1.82) is 0 Å². The third-order valence-electron chi connectivity index (χ3n) is 2.16. The lowest BCUT2D eigenvalue weighted by Crippen LogP contribution is -2.35. The fourth-order valence-electron chi connectivity index (χ4n) is 1.20. The number of nitrogens with one attached hydrogen (secondary N) is 1. The fourth-order valence-corrected chi connectivity index (χ4v) is 1.57. The molecule has 1 rings (SSSR count). The molecule has 2 N–H and O–H groups in total. The van der Waals surface area contributed by atoms with Crippen LogP contribution >= 0.6 is 15.9 Å². The Bertz CT molecular complexity index is 366. The van der Waals surface area contributed by atoms with Crippen LogP contribution in [0.5, 0.6) is 0 Å². The van der Waals surface area contributed by atoms with Gasteiger partial charge in [-0.2, -0.15) is 0 Å². The summed E-state index contributed by atoms with van der Waals surface area (Å²) in [6.07, 6.45) is 0. The normalized spacial score (nSPS) is 12.3. The Morgan fingerprint density at radius 1 is 1.60 bits per heavy atom. The lowest BCUT2D eigenvalue weighted by molar-refractivity contribution is 0.0921. The van der Waals surface area contributed by atoms with Crippen LogP contribution in [0.15, 0.2) is 22.7 Å². The number of carbonyl (C=O) groups is 1. The number of aliphatic hydroxyl groups excluding tert-OH is 1. The summed E-state index contributed by atoms with van der Waals surface area (Å²) in [5, 5.41) is 11.5. The van der Waals surface area contributed by atoms with Crippen LogP contribution in [0.25, 0.3) is 0 Å². The minimum atomic E-state index is -0.226. The topological polar surface area (TPSA) is 49.3 Å². The number of carbonyl (C=O) groups excluding carboxylic acids is 1. The van der Waals surface area contributed by atoms with Crippen LogP contribution in [-0.2, 0) is 0 Å². The van der Waals surface area contributed by atoms with Crippen molar-refractivity contribution in [3.05, 3.63) is 33.8 Å². The number of hydrogen-bond acceptors (Lipinski definition) is 2. The average molecular weight is 272 g/mol. The molecule has 82 valence electrons. The number of benzene rings is 1. The average Bonchev–Trinajstić information content (AvgIpc) is 2.21. The van der Waals surface area contributed by atoms with Gasteiger partial charge in [-0.15, -0.1) is 0 Å². The predicted octanol–water partition coefficient (Wildman–Crippen LogP) is 1.87. The zero-order valence-corrected chi connectivity index (χ0v) is 10.3. The summed E-state index contributed by atoms with van der Waals surface area (Å²) in [6, 6.07) is 5.24. The molecule has 0 fully saturated rings. The van der Waals surface area contributed by atoms with Crippen molar-refractivity contribution >= 4 is 21.8 Å². The molecule has 1 atom stereocenters. The van der Waals surface area contributed by atoms with E-state index in [1.807, 2.05) is 19.1 Å². The van der Waals surface area contributed by atoms with E-state index in [1.165, 1.54) is 0 Å². The highest BCUT2D eigenvalue weighted by molar-refractivity contribution is 9.10. The van der Waals surface area contributed by atoms with E-state index in [0.717, 1.165) is 10.0 Å². The van der Waals surface area contributed by atoms with Crippen molar-refractivity contribution < 1.29 is 9.90 Å². The minimum absolute atomic E-state index is 0.0568. The molecule has 4 heteroatoms. The molecule has 0 aliphatic heterocycles. The van der Waals surface area contributed by atoms with Gasteiger partial charge in [0.15, 0.2) is 0 Å². The molecule has 0 bridgehead atoms. The third kappa shape index (κ3) is 3.04. The molecule has 0 aliphatic carbocycles. The Balaban J connectivity index is 2.87. The van der Waals surface area contributed by atoms with Gasteiger partial charge in [-0.05, 0) is 31.5 Å². The largest absolute Gasteiger partial charge is 0.394 e. The Morgan fingerprint density at radius 3 is 2.87 bits per heavy atom. The van der Waals surface area contributed by atoms with Gasteiger partial charge in [0.2, 0.25) is 0 Å². The van der Waals surface area contributed by atoms with E-state index >= 15 is 0 Å². The van der Waals surface area contributed by atoms with Gasteiger partial charge < -0.3 is 10.4 Å². The summed E-state index contributed by atoms with van der Waals surface area (Å²) in [7, 11) is 0. The summed E-state index contributed by atoms with van der Waals surface area (Å²) in [4.78, 5) is 11.7. The number of amides is 1. The van der Waals surface area contributed by atoms with Crippen molar-refractivity contribution in [3.63, 3.8) is 0 Å². The summed E-state index contributed by atoms with van der Waals surface area (Å²) >= 11 is 3.37. The Morgan fingerprint density at radius 2 is 2.27 bits per heavy atom. The zero-order valence-electron chi connectivity index (χ0n) is 8.75. The van der Waals surface area contributed by atoms with Crippen molar-refractivity contribution in [3.8, 4) is 0 Å². The molecule has 0 aromatic heterocycles. The van der Waals surface area contributed by atoms with E-state index in [1.54, 1.807) is 13.0 Å². The molecule has 1 unspecified atom stereocenters. The quantitative estimate of drug-likeness (QED) is 0.882. The Hall–Kier alpha value is -0.870. The highest BCUT2D eigenvalue weighted by Crippen LogP contribution is 2.19. The van der Waals surface area contributed by atoms with E-state index in [2.05, 4.69) is 21.2 Å². The predicted molar refractivity (Wildman–Crippen MR) is 62.9 cm³/mol. The van der Waals surface area contributed by atoms with Gasteiger partial charge in [0.05, 0.1) is 6.61 Å². The lowest BCUT2D eigenvalue weighted by atomic mass is 10.1. The van der Waals surface area contributed by atoms with Gasteiger partial charge in [0.25, 0.3) is 5.91 Å². The number of aliphatic hydroxyl groups is 1. The van der Waals surface area contributed by atoms with Crippen LogP contribution < -0.4 is 5.32 Å². The maximum absolute atomic E-state index is 11.7. The van der Waals surface area contributed by atoms with Crippen molar-refractivity contribution in [2.75, 3.05) is 6.61 Å². The number of halogens is 1. The molecule has 0 spiro atoms.